The predicted molar refractivity (Wildman–Crippen MR) is 74.5 cm³/mol. The van der Waals surface area contributed by atoms with Crippen molar-refractivity contribution in [1.82, 2.24) is 0 Å². The number of anilines is 1. The molecule has 100 valence electrons. The molecule has 1 aromatic heterocycles. The predicted octanol–water partition coefficient (Wildman–Crippen LogP) is 3.63. The average molecular weight is 279 g/mol. The van der Waals surface area contributed by atoms with Crippen molar-refractivity contribution in [2.24, 2.45) is 0 Å². The van der Waals surface area contributed by atoms with Crippen LogP contribution in [0.4, 0.5) is 10.1 Å². The molecule has 19 heavy (non-hydrogen) atoms. The zero-order valence-electron chi connectivity index (χ0n) is 10.4. The Labute approximate surface area is 114 Å². The number of carbonyl (C=O) groups is 1. The Morgan fingerprint density at radius 1 is 1.47 bits per heavy atom. The molecular formula is C14H14FNO2S. The number of hydrogen-bond donors (Lipinski definition) is 2. The first-order valence-corrected chi connectivity index (χ1v) is 6.81. The van der Waals surface area contributed by atoms with Crippen molar-refractivity contribution in [3.8, 4) is 0 Å². The molecule has 0 saturated carbocycles. The largest absolute Gasteiger partial charge is 0.478 e. The maximum atomic E-state index is 13.7. The molecule has 1 heterocycles. The summed E-state index contributed by atoms with van der Waals surface area (Å²) in [4.78, 5) is 11.1. The van der Waals surface area contributed by atoms with Crippen LogP contribution >= 0.6 is 11.3 Å². The third-order valence-electron chi connectivity index (χ3n) is 2.76. The Balaban J connectivity index is 2.16. The Morgan fingerprint density at radius 3 is 2.89 bits per heavy atom. The highest BCUT2D eigenvalue weighted by atomic mass is 32.1. The van der Waals surface area contributed by atoms with Gasteiger partial charge in [0.15, 0.2) is 0 Å². The van der Waals surface area contributed by atoms with E-state index in [2.05, 4.69) is 5.32 Å². The standard InChI is InChI=1S/C14H14FNO2S/c1-9(7-10-5-6-19-8-10)16-13-11(14(17)18)3-2-4-12(13)15/h2-6,8-9,16H,7H2,1H3,(H,17,18). The van der Waals surface area contributed by atoms with Crippen molar-refractivity contribution >= 4 is 23.0 Å². The molecule has 2 N–H and O–H groups in total. The van der Waals surface area contributed by atoms with E-state index in [4.69, 9.17) is 5.11 Å². The lowest BCUT2D eigenvalue weighted by Gasteiger charge is -2.17. The summed E-state index contributed by atoms with van der Waals surface area (Å²) in [7, 11) is 0. The van der Waals surface area contributed by atoms with E-state index < -0.39 is 11.8 Å². The minimum absolute atomic E-state index is 0.0443. The van der Waals surface area contributed by atoms with Crippen LogP contribution in [-0.4, -0.2) is 17.1 Å². The maximum Gasteiger partial charge on any atom is 0.337 e. The van der Waals surface area contributed by atoms with Gasteiger partial charge in [-0.05, 0) is 47.9 Å². The normalized spacial score (nSPS) is 12.1. The number of rotatable bonds is 5. The van der Waals surface area contributed by atoms with Gasteiger partial charge in [-0.1, -0.05) is 6.07 Å². The van der Waals surface area contributed by atoms with Gasteiger partial charge in [0, 0.05) is 6.04 Å². The van der Waals surface area contributed by atoms with Gasteiger partial charge in [0.25, 0.3) is 0 Å². The lowest BCUT2D eigenvalue weighted by atomic mass is 10.1. The molecule has 0 fully saturated rings. The Kier molecular flexibility index (Phi) is 4.16. The van der Waals surface area contributed by atoms with Gasteiger partial charge in [0.2, 0.25) is 0 Å². The number of benzene rings is 1. The molecule has 1 aromatic carbocycles. The van der Waals surface area contributed by atoms with Crippen molar-refractivity contribution in [3.63, 3.8) is 0 Å². The van der Waals surface area contributed by atoms with Crippen LogP contribution in [0.1, 0.15) is 22.8 Å². The lowest BCUT2D eigenvalue weighted by Crippen LogP contribution is -2.20. The SMILES string of the molecule is CC(Cc1ccsc1)Nc1c(F)cccc1C(=O)O. The number of halogens is 1. The van der Waals surface area contributed by atoms with E-state index in [1.165, 1.54) is 18.2 Å². The molecule has 2 aromatic rings. The van der Waals surface area contributed by atoms with Crippen molar-refractivity contribution in [2.45, 2.75) is 19.4 Å². The Morgan fingerprint density at radius 2 is 2.26 bits per heavy atom. The highest BCUT2D eigenvalue weighted by Crippen LogP contribution is 2.22. The lowest BCUT2D eigenvalue weighted by molar-refractivity contribution is 0.0697. The van der Waals surface area contributed by atoms with Crippen molar-refractivity contribution < 1.29 is 14.3 Å². The summed E-state index contributed by atoms with van der Waals surface area (Å²) >= 11 is 1.60. The van der Waals surface area contributed by atoms with Gasteiger partial charge in [-0.2, -0.15) is 11.3 Å². The van der Waals surface area contributed by atoms with E-state index in [0.717, 1.165) is 12.0 Å². The summed E-state index contributed by atoms with van der Waals surface area (Å²) in [6, 6.07) is 6.00. The summed E-state index contributed by atoms with van der Waals surface area (Å²) in [6.07, 6.45) is 0.719. The number of carboxylic acid groups (broad SMARTS) is 1. The fourth-order valence-electron chi connectivity index (χ4n) is 1.91. The van der Waals surface area contributed by atoms with Gasteiger partial charge < -0.3 is 10.4 Å². The first-order chi connectivity index (χ1) is 9.08. The second kappa shape index (κ2) is 5.84. The van der Waals surface area contributed by atoms with Gasteiger partial charge >= 0.3 is 5.97 Å². The van der Waals surface area contributed by atoms with Crippen LogP contribution in [0.5, 0.6) is 0 Å². The van der Waals surface area contributed by atoms with E-state index in [9.17, 15) is 9.18 Å². The first kappa shape index (κ1) is 13.5. The van der Waals surface area contributed by atoms with E-state index in [1.54, 1.807) is 11.3 Å². The number of nitrogens with one attached hydrogen (secondary N) is 1. The van der Waals surface area contributed by atoms with E-state index in [0.29, 0.717) is 0 Å². The third-order valence-corrected chi connectivity index (χ3v) is 3.49. The third kappa shape index (κ3) is 3.32. The van der Waals surface area contributed by atoms with E-state index in [1.807, 2.05) is 23.8 Å². The van der Waals surface area contributed by atoms with Gasteiger partial charge in [-0.3, -0.25) is 0 Å². The summed E-state index contributed by atoms with van der Waals surface area (Å²) < 4.78 is 13.7. The Bertz CT molecular complexity index is 569. The molecule has 1 atom stereocenters. The topological polar surface area (TPSA) is 49.3 Å². The molecule has 0 spiro atoms. The van der Waals surface area contributed by atoms with Gasteiger partial charge in [-0.15, -0.1) is 0 Å². The molecule has 0 saturated heterocycles. The van der Waals surface area contributed by atoms with E-state index in [-0.39, 0.29) is 17.3 Å². The minimum Gasteiger partial charge on any atom is -0.478 e. The second-order valence-electron chi connectivity index (χ2n) is 4.35. The summed E-state index contributed by atoms with van der Waals surface area (Å²) in [6.45, 7) is 1.90. The molecule has 0 aliphatic carbocycles. The molecule has 5 heteroatoms. The van der Waals surface area contributed by atoms with Crippen LogP contribution in [0.3, 0.4) is 0 Å². The molecule has 0 aliphatic heterocycles. The molecular weight excluding hydrogens is 265 g/mol. The summed E-state index contributed by atoms with van der Waals surface area (Å²) in [5.74, 6) is -1.68. The van der Waals surface area contributed by atoms with Crippen LogP contribution in [-0.2, 0) is 6.42 Å². The van der Waals surface area contributed by atoms with Gasteiger partial charge in [-0.25, -0.2) is 9.18 Å². The summed E-state index contributed by atoms with van der Waals surface area (Å²) in [5.41, 5.74) is 1.16. The van der Waals surface area contributed by atoms with Crippen LogP contribution in [0.2, 0.25) is 0 Å². The van der Waals surface area contributed by atoms with Crippen LogP contribution in [0.25, 0.3) is 0 Å². The zero-order chi connectivity index (χ0) is 13.8. The second-order valence-corrected chi connectivity index (χ2v) is 5.13. The maximum absolute atomic E-state index is 13.7. The fourth-order valence-corrected chi connectivity index (χ4v) is 2.59. The fraction of sp³-hybridized carbons (Fsp3) is 0.214. The monoisotopic (exact) mass is 279 g/mol. The molecule has 0 amide bonds. The molecule has 0 radical (unpaired) electrons. The highest BCUT2D eigenvalue weighted by molar-refractivity contribution is 7.07. The highest BCUT2D eigenvalue weighted by Gasteiger charge is 2.16. The number of aromatic carboxylic acids is 1. The van der Waals surface area contributed by atoms with Gasteiger partial charge in [0.1, 0.15) is 5.82 Å². The smallest absolute Gasteiger partial charge is 0.337 e. The van der Waals surface area contributed by atoms with Crippen LogP contribution < -0.4 is 5.32 Å². The summed E-state index contributed by atoms with van der Waals surface area (Å²) in [5, 5.41) is 16.0. The molecule has 1 unspecified atom stereocenters. The van der Waals surface area contributed by atoms with Crippen molar-refractivity contribution in [2.75, 3.05) is 5.32 Å². The zero-order valence-corrected chi connectivity index (χ0v) is 11.2. The quantitative estimate of drug-likeness (QED) is 0.878. The van der Waals surface area contributed by atoms with Gasteiger partial charge in [0.05, 0.1) is 11.3 Å². The van der Waals surface area contributed by atoms with E-state index >= 15 is 0 Å². The number of carboxylic acids is 1. The van der Waals surface area contributed by atoms with Crippen molar-refractivity contribution in [1.29, 1.82) is 0 Å². The first-order valence-electron chi connectivity index (χ1n) is 5.87. The minimum atomic E-state index is -1.13. The molecule has 0 aliphatic rings. The average Bonchev–Trinajstić information content (AvgIpc) is 2.84. The number of para-hydroxylation sites is 1. The number of thiophene rings is 1. The van der Waals surface area contributed by atoms with Crippen molar-refractivity contribution in [3.05, 3.63) is 52.0 Å². The number of hydrogen-bond acceptors (Lipinski definition) is 3. The molecule has 3 nitrogen and oxygen atoms in total. The molecule has 2 rings (SSSR count). The van der Waals surface area contributed by atoms with Crippen LogP contribution in [0, 0.1) is 5.82 Å². The van der Waals surface area contributed by atoms with Crippen LogP contribution in [0.15, 0.2) is 35.0 Å². The molecule has 0 bridgehead atoms. The Hall–Kier alpha value is -1.88.